The van der Waals surface area contributed by atoms with Crippen LogP contribution in [0.15, 0.2) is 29.3 Å². The van der Waals surface area contributed by atoms with Gasteiger partial charge in [-0.15, -0.1) is 0 Å². The summed E-state index contributed by atoms with van der Waals surface area (Å²) in [5.74, 6) is 1.66. The molecule has 0 aromatic heterocycles. The van der Waals surface area contributed by atoms with Crippen LogP contribution < -0.4 is 15.5 Å². The number of hydrogen-bond donors (Lipinski definition) is 2. The van der Waals surface area contributed by atoms with Crippen molar-refractivity contribution in [2.75, 3.05) is 31.6 Å². The number of hydrogen-bond acceptors (Lipinski definition) is 3. The maximum absolute atomic E-state index is 6.07. The van der Waals surface area contributed by atoms with Gasteiger partial charge in [0.05, 0.1) is 6.10 Å². The molecule has 2 saturated carbocycles. The number of ether oxygens (including phenoxy) is 1. The van der Waals surface area contributed by atoms with E-state index in [1.807, 2.05) is 7.05 Å². The van der Waals surface area contributed by atoms with Gasteiger partial charge in [-0.25, -0.2) is 0 Å². The second-order valence-electron chi connectivity index (χ2n) is 9.29. The summed E-state index contributed by atoms with van der Waals surface area (Å²) in [7, 11) is 1.91. The highest BCUT2D eigenvalue weighted by molar-refractivity contribution is 5.80. The topological polar surface area (TPSA) is 48.9 Å². The minimum absolute atomic E-state index is 0.388. The van der Waals surface area contributed by atoms with Crippen molar-refractivity contribution in [1.29, 1.82) is 0 Å². The average molecular weight is 383 g/mol. The lowest BCUT2D eigenvalue weighted by molar-refractivity contribution is -0.171. The minimum atomic E-state index is 0.388. The first-order valence-corrected chi connectivity index (χ1v) is 11.1. The normalized spacial score (nSPS) is 33.8. The molecule has 4 atom stereocenters. The molecule has 1 aromatic rings. The fraction of sp³-hybridized carbons (Fsp3) is 0.696. The molecule has 4 unspecified atom stereocenters. The predicted octanol–water partition coefficient (Wildman–Crippen LogP) is 3.09. The van der Waals surface area contributed by atoms with Crippen LogP contribution in [0, 0.1) is 18.3 Å². The van der Waals surface area contributed by atoms with Crippen LogP contribution in [0.3, 0.4) is 0 Å². The molecular weight excluding hydrogens is 348 g/mol. The monoisotopic (exact) mass is 382 g/mol. The van der Waals surface area contributed by atoms with Gasteiger partial charge in [0, 0.05) is 55.8 Å². The zero-order chi connectivity index (χ0) is 19.1. The van der Waals surface area contributed by atoms with Crippen LogP contribution >= 0.6 is 0 Å². The quantitative estimate of drug-likeness (QED) is 0.623. The highest BCUT2D eigenvalue weighted by Gasteiger charge is 2.66. The lowest BCUT2D eigenvalue weighted by Gasteiger charge is -2.63. The number of rotatable bonds is 3. The Morgan fingerprint density at radius 3 is 2.68 bits per heavy atom. The third-order valence-corrected chi connectivity index (χ3v) is 7.71. The standard InChI is InChI=1S/C23H34N4O/c1-16-6-8-18(9-7-16)27-13-3-5-17(15-27)25-22(24-2)26-20-19-10-14-28-21(19)23(20)11-4-12-23/h6-9,17,19-21H,3-5,10-15H2,1-2H3,(H2,24,25,26). The second-order valence-corrected chi connectivity index (χ2v) is 9.29. The average Bonchev–Trinajstić information content (AvgIpc) is 3.09. The summed E-state index contributed by atoms with van der Waals surface area (Å²) in [4.78, 5) is 7.09. The van der Waals surface area contributed by atoms with Crippen LogP contribution in [-0.2, 0) is 4.74 Å². The van der Waals surface area contributed by atoms with E-state index in [9.17, 15) is 0 Å². The molecule has 1 aromatic carbocycles. The molecule has 2 heterocycles. The van der Waals surface area contributed by atoms with Gasteiger partial charge < -0.3 is 20.3 Å². The number of aryl methyl sites for hydroxylation is 1. The Balaban J connectivity index is 1.21. The summed E-state index contributed by atoms with van der Waals surface area (Å²) < 4.78 is 6.07. The molecular formula is C23H34N4O. The molecule has 1 spiro atoms. The van der Waals surface area contributed by atoms with Gasteiger partial charge in [-0.05, 0) is 51.2 Å². The van der Waals surface area contributed by atoms with Gasteiger partial charge in [-0.3, -0.25) is 4.99 Å². The molecule has 152 valence electrons. The Kier molecular flexibility index (Phi) is 4.74. The number of nitrogens with one attached hydrogen (secondary N) is 2. The van der Waals surface area contributed by atoms with E-state index in [0.717, 1.165) is 25.7 Å². The van der Waals surface area contributed by atoms with E-state index in [-0.39, 0.29) is 0 Å². The first-order valence-electron chi connectivity index (χ1n) is 11.1. The molecule has 5 nitrogen and oxygen atoms in total. The van der Waals surface area contributed by atoms with E-state index >= 15 is 0 Å². The van der Waals surface area contributed by atoms with E-state index in [1.165, 1.54) is 49.8 Å². The number of piperidine rings is 1. The number of fused-ring (bicyclic) bond motifs is 2. The fourth-order valence-corrected chi connectivity index (χ4v) is 6.05. The molecule has 2 aliphatic heterocycles. The van der Waals surface area contributed by atoms with Crippen molar-refractivity contribution in [3.63, 3.8) is 0 Å². The van der Waals surface area contributed by atoms with Crippen LogP contribution in [0.25, 0.3) is 0 Å². The van der Waals surface area contributed by atoms with Crippen molar-refractivity contribution < 1.29 is 4.74 Å². The summed E-state index contributed by atoms with van der Waals surface area (Å²) in [6.07, 6.45) is 8.10. The SMILES string of the molecule is CN=C(NC1CCCN(c2ccc(C)cc2)C1)NC1C2CCOC2C12CCC2. The molecule has 2 saturated heterocycles. The van der Waals surface area contributed by atoms with Crippen molar-refractivity contribution in [3.05, 3.63) is 29.8 Å². The van der Waals surface area contributed by atoms with Gasteiger partial charge in [0.2, 0.25) is 0 Å². The van der Waals surface area contributed by atoms with Crippen LogP contribution in [0.1, 0.15) is 44.1 Å². The molecule has 0 amide bonds. The Morgan fingerprint density at radius 2 is 1.96 bits per heavy atom. The van der Waals surface area contributed by atoms with E-state index in [4.69, 9.17) is 4.74 Å². The molecule has 4 aliphatic rings. The van der Waals surface area contributed by atoms with Crippen molar-refractivity contribution in [2.24, 2.45) is 16.3 Å². The number of benzene rings is 1. The van der Waals surface area contributed by atoms with Gasteiger partial charge in [-0.1, -0.05) is 24.1 Å². The van der Waals surface area contributed by atoms with Gasteiger partial charge in [-0.2, -0.15) is 0 Å². The lowest BCUT2D eigenvalue weighted by Crippen LogP contribution is -2.73. The number of anilines is 1. The smallest absolute Gasteiger partial charge is 0.191 e. The fourth-order valence-electron chi connectivity index (χ4n) is 6.05. The molecule has 5 rings (SSSR count). The molecule has 2 N–H and O–H groups in total. The zero-order valence-electron chi connectivity index (χ0n) is 17.3. The summed E-state index contributed by atoms with van der Waals surface area (Å²) in [6, 6.07) is 9.90. The number of guanidine groups is 1. The predicted molar refractivity (Wildman–Crippen MR) is 114 cm³/mol. The van der Waals surface area contributed by atoms with Crippen LogP contribution in [0.2, 0.25) is 0 Å². The maximum atomic E-state index is 6.07. The summed E-state index contributed by atoms with van der Waals surface area (Å²) in [5, 5.41) is 7.56. The summed E-state index contributed by atoms with van der Waals surface area (Å²) in [6.45, 7) is 5.26. The Bertz CT molecular complexity index is 727. The van der Waals surface area contributed by atoms with E-state index in [1.54, 1.807) is 0 Å². The van der Waals surface area contributed by atoms with Crippen molar-refractivity contribution in [3.8, 4) is 0 Å². The van der Waals surface area contributed by atoms with Gasteiger partial charge in [0.25, 0.3) is 0 Å². The highest BCUT2D eigenvalue weighted by Crippen LogP contribution is 2.62. The van der Waals surface area contributed by atoms with Crippen LogP contribution in [0.5, 0.6) is 0 Å². The van der Waals surface area contributed by atoms with Gasteiger partial charge in [0.15, 0.2) is 5.96 Å². The largest absolute Gasteiger partial charge is 0.377 e. The summed E-state index contributed by atoms with van der Waals surface area (Å²) >= 11 is 0. The van der Waals surface area contributed by atoms with Crippen molar-refractivity contribution in [2.45, 2.75) is 63.6 Å². The summed E-state index contributed by atoms with van der Waals surface area (Å²) in [5.41, 5.74) is 3.04. The molecule has 0 radical (unpaired) electrons. The maximum Gasteiger partial charge on any atom is 0.191 e. The Morgan fingerprint density at radius 1 is 1.14 bits per heavy atom. The molecule has 5 heteroatoms. The number of aliphatic imine (C=N–C) groups is 1. The van der Waals surface area contributed by atoms with E-state index < -0.39 is 0 Å². The molecule has 28 heavy (non-hydrogen) atoms. The highest BCUT2D eigenvalue weighted by atomic mass is 16.5. The lowest BCUT2D eigenvalue weighted by atomic mass is 9.46. The molecule has 2 aliphatic carbocycles. The first kappa shape index (κ1) is 18.3. The van der Waals surface area contributed by atoms with Crippen molar-refractivity contribution in [1.82, 2.24) is 10.6 Å². The third kappa shape index (κ3) is 2.99. The molecule has 0 bridgehead atoms. The van der Waals surface area contributed by atoms with E-state index in [2.05, 4.69) is 51.7 Å². The van der Waals surface area contributed by atoms with Gasteiger partial charge >= 0.3 is 0 Å². The first-order chi connectivity index (χ1) is 13.7. The Hall–Kier alpha value is -1.75. The van der Waals surface area contributed by atoms with Crippen LogP contribution in [-0.4, -0.2) is 50.9 Å². The molecule has 4 fully saturated rings. The third-order valence-electron chi connectivity index (χ3n) is 7.71. The number of nitrogens with zero attached hydrogens (tertiary/aromatic N) is 2. The van der Waals surface area contributed by atoms with Crippen LogP contribution in [0.4, 0.5) is 5.69 Å². The van der Waals surface area contributed by atoms with Gasteiger partial charge in [0.1, 0.15) is 0 Å². The minimum Gasteiger partial charge on any atom is -0.377 e. The second kappa shape index (κ2) is 7.25. The van der Waals surface area contributed by atoms with E-state index in [0.29, 0.717) is 29.5 Å². The zero-order valence-corrected chi connectivity index (χ0v) is 17.3. The Labute approximate surface area is 168 Å². The van der Waals surface area contributed by atoms with Crippen molar-refractivity contribution >= 4 is 11.6 Å².